The lowest BCUT2D eigenvalue weighted by molar-refractivity contribution is -0.118. The average Bonchev–Trinajstić information content (AvgIpc) is 3.07. The summed E-state index contributed by atoms with van der Waals surface area (Å²) in [6.07, 6.45) is 16.2. The largest absolute Gasteiger partial charge is 0.371 e. The number of hydrogen-bond donors (Lipinski definition) is 2. The van der Waals surface area contributed by atoms with Crippen molar-refractivity contribution in [2.24, 2.45) is 22.7 Å². The molecular weight excluding hydrogens is 633 g/mol. The van der Waals surface area contributed by atoms with Crippen LogP contribution >= 0.6 is 0 Å². The summed E-state index contributed by atoms with van der Waals surface area (Å²) in [6.45, 7) is 23.5. The van der Waals surface area contributed by atoms with Crippen molar-refractivity contribution < 1.29 is 9.59 Å². The van der Waals surface area contributed by atoms with E-state index in [1.54, 1.807) is 0 Å². The van der Waals surface area contributed by atoms with Crippen LogP contribution in [0.25, 0.3) is 0 Å². The van der Waals surface area contributed by atoms with Crippen molar-refractivity contribution in [1.82, 2.24) is 20.4 Å². The molecule has 8 heteroatoms. The van der Waals surface area contributed by atoms with E-state index in [-0.39, 0.29) is 39.8 Å². The SMILES string of the molecule is CCCCC(CC)CNC(=O)C(C#N)=C1C=C(N2CCN(C3=CC(=C(C#N)C(=O)NCC(CC)CCCC)CC(C)(C)C3)C(C)C2)CC(C)(C)C1. The molecule has 3 unspecified atom stereocenters. The third-order valence-corrected chi connectivity index (χ3v) is 11.3. The van der Waals surface area contributed by atoms with Gasteiger partial charge in [0.05, 0.1) is 0 Å². The molecule has 2 aliphatic carbocycles. The highest BCUT2D eigenvalue weighted by Gasteiger charge is 2.36. The summed E-state index contributed by atoms with van der Waals surface area (Å²) < 4.78 is 0. The van der Waals surface area contributed by atoms with Gasteiger partial charge in [-0.2, -0.15) is 10.5 Å². The number of nitriles is 2. The smallest absolute Gasteiger partial charge is 0.262 e. The molecular formula is C43H68N6O2. The number of nitrogens with zero attached hydrogens (tertiary/aromatic N) is 4. The third-order valence-electron chi connectivity index (χ3n) is 11.3. The third kappa shape index (κ3) is 12.0. The second-order valence-corrected chi connectivity index (χ2v) is 17.1. The fraction of sp³-hybridized carbons (Fsp3) is 0.721. The Balaban J connectivity index is 1.81. The quantitative estimate of drug-likeness (QED) is 0.123. The van der Waals surface area contributed by atoms with Gasteiger partial charge in [-0.05, 0) is 91.4 Å². The number of amides is 2. The molecule has 3 atom stereocenters. The van der Waals surface area contributed by atoms with Crippen molar-refractivity contribution in [1.29, 1.82) is 10.5 Å². The van der Waals surface area contributed by atoms with Gasteiger partial charge in [0, 0.05) is 50.2 Å². The Bertz CT molecular complexity index is 1430. The number of nitrogens with one attached hydrogen (secondary N) is 2. The molecule has 1 fully saturated rings. The van der Waals surface area contributed by atoms with E-state index in [9.17, 15) is 20.1 Å². The van der Waals surface area contributed by atoms with Crippen molar-refractivity contribution in [2.45, 2.75) is 145 Å². The molecule has 0 spiro atoms. The predicted octanol–water partition coefficient (Wildman–Crippen LogP) is 8.71. The van der Waals surface area contributed by atoms with Crippen LogP contribution in [0, 0.1) is 45.3 Å². The molecule has 282 valence electrons. The number of hydrogen-bond acceptors (Lipinski definition) is 6. The number of carbonyl (C=O) groups excluding carboxylic acids is 2. The first-order valence-corrected chi connectivity index (χ1v) is 20.0. The zero-order chi connectivity index (χ0) is 37.8. The van der Waals surface area contributed by atoms with Crippen molar-refractivity contribution in [3.05, 3.63) is 45.8 Å². The highest BCUT2D eigenvalue weighted by Crippen LogP contribution is 2.43. The lowest BCUT2D eigenvalue weighted by Gasteiger charge is -2.48. The Morgan fingerprint density at radius 2 is 1.22 bits per heavy atom. The molecule has 2 N–H and O–H groups in total. The maximum Gasteiger partial charge on any atom is 0.262 e. The number of piperazine rings is 1. The molecule has 0 aromatic carbocycles. The Kier molecular flexibility index (Phi) is 15.9. The van der Waals surface area contributed by atoms with Gasteiger partial charge in [0.1, 0.15) is 23.3 Å². The molecule has 0 radical (unpaired) electrons. The summed E-state index contributed by atoms with van der Waals surface area (Å²) in [5.74, 6) is 0.353. The molecule has 0 saturated carbocycles. The van der Waals surface area contributed by atoms with Crippen LogP contribution in [0.1, 0.15) is 139 Å². The minimum Gasteiger partial charge on any atom is -0.371 e. The summed E-state index contributed by atoms with van der Waals surface area (Å²) in [5, 5.41) is 26.5. The van der Waals surface area contributed by atoms with Crippen LogP contribution in [-0.2, 0) is 9.59 Å². The van der Waals surface area contributed by atoms with E-state index in [0.29, 0.717) is 37.8 Å². The zero-order valence-electron chi connectivity index (χ0n) is 33.5. The standard InChI is InChI=1S/C43H68N6O2/c1-10-14-16-32(12-3)28-46-40(50)38(26-44)34-20-36(24-42(6,7)22-34)48-18-19-49(31(5)30-48)37-21-35(23-43(8,9)25-37)39(27-45)41(51)47-29-33(13-4)17-15-11-2/h20-21,31-33H,10-19,22-25,28-30H2,1-9H3,(H,46,50)(H,47,51). The number of rotatable bonds is 16. The van der Waals surface area contributed by atoms with Gasteiger partial charge >= 0.3 is 0 Å². The lowest BCUT2D eigenvalue weighted by atomic mass is 9.75. The van der Waals surface area contributed by atoms with E-state index in [0.717, 1.165) is 95.0 Å². The Hall–Kier alpha value is -3.52. The van der Waals surface area contributed by atoms with Crippen molar-refractivity contribution in [3.63, 3.8) is 0 Å². The van der Waals surface area contributed by atoms with Crippen molar-refractivity contribution in [2.75, 3.05) is 32.7 Å². The molecule has 1 aliphatic heterocycles. The van der Waals surface area contributed by atoms with Gasteiger partial charge in [0.25, 0.3) is 11.8 Å². The minimum absolute atomic E-state index is 0.0771. The molecule has 8 nitrogen and oxygen atoms in total. The minimum atomic E-state index is -0.253. The summed E-state index contributed by atoms with van der Waals surface area (Å²) in [4.78, 5) is 31.6. The second kappa shape index (κ2) is 19.4. The molecule has 1 heterocycles. The monoisotopic (exact) mass is 701 g/mol. The first-order chi connectivity index (χ1) is 24.2. The molecule has 3 rings (SSSR count). The van der Waals surface area contributed by atoms with Gasteiger partial charge in [-0.1, -0.05) is 93.9 Å². The average molecular weight is 701 g/mol. The fourth-order valence-electron chi connectivity index (χ4n) is 8.17. The molecule has 3 aliphatic rings. The number of carbonyl (C=O) groups is 2. The lowest BCUT2D eigenvalue weighted by Crippen LogP contribution is -2.52. The molecule has 51 heavy (non-hydrogen) atoms. The summed E-state index contributed by atoms with van der Waals surface area (Å²) >= 11 is 0. The zero-order valence-corrected chi connectivity index (χ0v) is 33.5. The Labute approximate surface area is 310 Å². The van der Waals surface area contributed by atoms with E-state index < -0.39 is 0 Å². The van der Waals surface area contributed by atoms with E-state index in [1.807, 2.05) is 0 Å². The molecule has 0 aromatic heterocycles. The van der Waals surface area contributed by atoms with Crippen LogP contribution in [-0.4, -0.2) is 60.4 Å². The normalized spacial score (nSPS) is 23.2. The molecule has 1 saturated heterocycles. The van der Waals surface area contributed by atoms with E-state index in [4.69, 9.17) is 0 Å². The molecule has 0 bridgehead atoms. The van der Waals surface area contributed by atoms with Gasteiger partial charge in [0.2, 0.25) is 0 Å². The van der Waals surface area contributed by atoms with Crippen molar-refractivity contribution in [3.8, 4) is 12.1 Å². The second-order valence-electron chi connectivity index (χ2n) is 17.1. The Morgan fingerprint density at radius 3 is 1.63 bits per heavy atom. The molecule has 2 amide bonds. The van der Waals surface area contributed by atoms with E-state index in [2.05, 4.69) is 107 Å². The maximum absolute atomic E-state index is 13.4. The van der Waals surface area contributed by atoms with E-state index >= 15 is 0 Å². The highest BCUT2D eigenvalue weighted by molar-refractivity contribution is 5.99. The Morgan fingerprint density at radius 1 is 0.765 bits per heavy atom. The van der Waals surface area contributed by atoms with Crippen LogP contribution in [0.15, 0.2) is 45.8 Å². The van der Waals surface area contributed by atoms with Crippen LogP contribution in [0.5, 0.6) is 0 Å². The number of allylic oxidation sites excluding steroid dienone is 6. The summed E-state index contributed by atoms with van der Waals surface area (Å²) in [5.41, 5.74) is 4.38. The van der Waals surface area contributed by atoms with Gasteiger partial charge < -0.3 is 20.4 Å². The maximum atomic E-state index is 13.4. The fourth-order valence-corrected chi connectivity index (χ4v) is 8.17. The molecule has 0 aromatic rings. The van der Waals surface area contributed by atoms with Crippen LogP contribution in [0.4, 0.5) is 0 Å². The van der Waals surface area contributed by atoms with Gasteiger partial charge in [0.15, 0.2) is 0 Å². The summed E-state index contributed by atoms with van der Waals surface area (Å²) in [6, 6.07) is 4.74. The van der Waals surface area contributed by atoms with Crippen LogP contribution < -0.4 is 10.6 Å². The highest BCUT2D eigenvalue weighted by atomic mass is 16.2. The summed E-state index contributed by atoms with van der Waals surface area (Å²) in [7, 11) is 0. The van der Waals surface area contributed by atoms with Gasteiger partial charge in [-0.15, -0.1) is 0 Å². The van der Waals surface area contributed by atoms with Crippen molar-refractivity contribution >= 4 is 11.8 Å². The predicted molar refractivity (Wildman–Crippen MR) is 208 cm³/mol. The first-order valence-electron chi connectivity index (χ1n) is 20.0. The van der Waals surface area contributed by atoms with Crippen LogP contribution in [0.2, 0.25) is 0 Å². The van der Waals surface area contributed by atoms with Crippen LogP contribution in [0.3, 0.4) is 0 Å². The van der Waals surface area contributed by atoms with Gasteiger partial charge in [-0.3, -0.25) is 9.59 Å². The van der Waals surface area contributed by atoms with E-state index in [1.165, 1.54) is 11.4 Å². The topological polar surface area (TPSA) is 112 Å². The first kappa shape index (κ1) is 41.9. The van der Waals surface area contributed by atoms with Gasteiger partial charge in [-0.25, -0.2) is 0 Å². The number of unbranched alkanes of at least 4 members (excludes halogenated alkanes) is 2.